The summed E-state index contributed by atoms with van der Waals surface area (Å²) in [5, 5.41) is 0. The number of fused-ring (bicyclic) bond motifs is 2. The second kappa shape index (κ2) is 13.8. The van der Waals surface area contributed by atoms with E-state index < -0.39 is 0 Å². The van der Waals surface area contributed by atoms with Crippen molar-refractivity contribution < 1.29 is 28.4 Å². The minimum atomic E-state index is 0.480. The van der Waals surface area contributed by atoms with Gasteiger partial charge in [-0.25, -0.2) is 0 Å². The molecule has 1 heterocycles. The van der Waals surface area contributed by atoms with Crippen LogP contribution in [-0.2, 0) is 18.9 Å². The minimum Gasteiger partial charge on any atom is -0.491 e. The maximum absolute atomic E-state index is 5.90. The predicted octanol–water partition coefficient (Wildman–Crippen LogP) is 3.69. The Morgan fingerprint density at radius 1 is 0.400 bits per heavy atom. The molecule has 0 fully saturated rings. The number of hydrogen-bond acceptors (Lipinski definition) is 6. The molecular weight excluding hydrogens is 384 g/mol. The quantitative estimate of drug-likeness (QED) is 0.655. The number of para-hydroxylation sites is 2. The summed E-state index contributed by atoms with van der Waals surface area (Å²) in [5.41, 5.74) is 2.00. The van der Waals surface area contributed by atoms with Gasteiger partial charge in [0.1, 0.15) is 24.7 Å². The molecule has 2 aromatic carbocycles. The third-order valence-corrected chi connectivity index (χ3v) is 4.37. The molecule has 0 amide bonds. The Labute approximate surface area is 178 Å². The molecule has 0 atom stereocenters. The molecule has 0 aliphatic carbocycles. The summed E-state index contributed by atoms with van der Waals surface area (Å²) in [7, 11) is 0. The molecule has 0 radical (unpaired) electrons. The van der Waals surface area contributed by atoms with Gasteiger partial charge in [0.2, 0.25) is 0 Å². The van der Waals surface area contributed by atoms with Crippen molar-refractivity contribution in [2.45, 2.75) is 0 Å². The maximum atomic E-state index is 5.90. The lowest BCUT2D eigenvalue weighted by atomic mass is 10.1. The molecule has 2 aromatic rings. The second-order valence-electron chi connectivity index (χ2n) is 6.56. The van der Waals surface area contributed by atoms with E-state index in [2.05, 4.69) is 0 Å². The van der Waals surface area contributed by atoms with Crippen LogP contribution in [0.4, 0.5) is 0 Å². The van der Waals surface area contributed by atoms with Gasteiger partial charge < -0.3 is 28.4 Å². The van der Waals surface area contributed by atoms with E-state index in [9.17, 15) is 0 Å². The molecule has 0 bridgehead atoms. The van der Waals surface area contributed by atoms with Crippen LogP contribution in [0.1, 0.15) is 11.1 Å². The summed E-state index contributed by atoms with van der Waals surface area (Å²) in [6.07, 6.45) is 4.07. The largest absolute Gasteiger partial charge is 0.491 e. The van der Waals surface area contributed by atoms with Crippen LogP contribution in [0.15, 0.2) is 48.5 Å². The zero-order valence-corrected chi connectivity index (χ0v) is 17.3. The van der Waals surface area contributed by atoms with Gasteiger partial charge in [-0.1, -0.05) is 48.6 Å². The van der Waals surface area contributed by atoms with Gasteiger partial charge in [0, 0.05) is 11.1 Å². The van der Waals surface area contributed by atoms with Gasteiger partial charge in [0.25, 0.3) is 0 Å². The van der Waals surface area contributed by atoms with Crippen LogP contribution >= 0.6 is 0 Å². The zero-order chi connectivity index (χ0) is 20.7. The van der Waals surface area contributed by atoms with E-state index in [-0.39, 0.29) is 0 Å². The molecular formula is C24H30O6. The first-order chi connectivity index (χ1) is 14.9. The van der Waals surface area contributed by atoms with Crippen LogP contribution in [0.5, 0.6) is 11.5 Å². The van der Waals surface area contributed by atoms with Crippen LogP contribution in [0, 0.1) is 0 Å². The highest BCUT2D eigenvalue weighted by Gasteiger charge is 2.03. The Morgan fingerprint density at radius 3 is 1.13 bits per heavy atom. The first-order valence-electron chi connectivity index (χ1n) is 10.4. The smallest absolute Gasteiger partial charge is 0.126 e. The SMILES string of the molecule is C1=C/c2ccccc2OCCOCCOCCOCCOCCOc2ccccc2/1. The van der Waals surface area contributed by atoms with Crippen molar-refractivity contribution in [3.05, 3.63) is 59.7 Å². The maximum Gasteiger partial charge on any atom is 0.126 e. The lowest BCUT2D eigenvalue weighted by molar-refractivity contribution is -0.00700. The molecule has 1 aliphatic heterocycles. The van der Waals surface area contributed by atoms with Gasteiger partial charge in [-0.05, 0) is 12.1 Å². The van der Waals surface area contributed by atoms with Gasteiger partial charge in [-0.2, -0.15) is 0 Å². The molecule has 0 spiro atoms. The van der Waals surface area contributed by atoms with E-state index in [1.165, 1.54) is 0 Å². The van der Waals surface area contributed by atoms with Crippen molar-refractivity contribution >= 4 is 12.2 Å². The second-order valence-corrected chi connectivity index (χ2v) is 6.56. The summed E-state index contributed by atoms with van der Waals surface area (Å²) in [6, 6.07) is 15.9. The highest BCUT2D eigenvalue weighted by atomic mass is 16.6. The van der Waals surface area contributed by atoms with Gasteiger partial charge >= 0.3 is 0 Å². The first kappa shape index (κ1) is 22.3. The molecule has 0 aromatic heterocycles. The highest BCUT2D eigenvalue weighted by molar-refractivity contribution is 5.74. The third-order valence-electron chi connectivity index (χ3n) is 4.37. The monoisotopic (exact) mass is 414 g/mol. The summed E-state index contributed by atoms with van der Waals surface area (Å²) in [5.74, 6) is 1.64. The van der Waals surface area contributed by atoms with Crippen LogP contribution in [0.25, 0.3) is 12.2 Å². The fourth-order valence-electron chi connectivity index (χ4n) is 2.86. The van der Waals surface area contributed by atoms with E-state index >= 15 is 0 Å². The molecule has 0 unspecified atom stereocenters. The Hall–Kier alpha value is -2.38. The fraction of sp³-hybridized carbons (Fsp3) is 0.417. The zero-order valence-electron chi connectivity index (χ0n) is 17.3. The van der Waals surface area contributed by atoms with Crippen LogP contribution in [0.3, 0.4) is 0 Å². The van der Waals surface area contributed by atoms with E-state index in [1.807, 2.05) is 60.7 Å². The molecule has 6 heteroatoms. The standard InChI is InChI=1S/C24H30O6/c1-3-7-23-21(5-1)9-10-22-6-2-4-8-24(22)30-20-18-28-16-14-26-12-11-25-13-15-27-17-19-29-23/h1-10H,11-20H2/b10-9+. The fourth-order valence-corrected chi connectivity index (χ4v) is 2.86. The van der Waals surface area contributed by atoms with Crippen molar-refractivity contribution in [1.29, 1.82) is 0 Å². The molecule has 162 valence electrons. The van der Waals surface area contributed by atoms with Crippen molar-refractivity contribution in [1.82, 2.24) is 0 Å². The highest BCUT2D eigenvalue weighted by Crippen LogP contribution is 2.24. The Kier molecular flexibility index (Phi) is 10.2. The lowest BCUT2D eigenvalue weighted by Crippen LogP contribution is -2.15. The molecule has 30 heavy (non-hydrogen) atoms. The van der Waals surface area contributed by atoms with Gasteiger partial charge in [-0.3, -0.25) is 0 Å². The molecule has 6 nitrogen and oxygen atoms in total. The third kappa shape index (κ3) is 8.16. The van der Waals surface area contributed by atoms with E-state index in [1.54, 1.807) is 0 Å². The van der Waals surface area contributed by atoms with Crippen molar-refractivity contribution in [3.63, 3.8) is 0 Å². The van der Waals surface area contributed by atoms with E-state index in [4.69, 9.17) is 28.4 Å². The van der Waals surface area contributed by atoms with Crippen LogP contribution < -0.4 is 9.47 Å². The number of rotatable bonds is 0. The number of ether oxygens (including phenoxy) is 6. The molecule has 0 saturated carbocycles. The minimum absolute atomic E-state index is 0.480. The summed E-state index contributed by atoms with van der Waals surface area (Å²) < 4.78 is 33.9. The molecule has 3 rings (SSSR count). The van der Waals surface area contributed by atoms with Crippen molar-refractivity contribution in [2.75, 3.05) is 66.1 Å². The van der Waals surface area contributed by atoms with Crippen molar-refractivity contribution in [2.24, 2.45) is 0 Å². The molecule has 0 N–H and O–H groups in total. The molecule has 1 aliphatic rings. The lowest BCUT2D eigenvalue weighted by Gasteiger charge is -2.12. The number of benzene rings is 2. The first-order valence-corrected chi connectivity index (χ1v) is 10.4. The van der Waals surface area contributed by atoms with Crippen LogP contribution in [0.2, 0.25) is 0 Å². The summed E-state index contributed by atoms with van der Waals surface area (Å²) in [4.78, 5) is 0. The Bertz CT molecular complexity index is 697. The van der Waals surface area contributed by atoms with Crippen LogP contribution in [-0.4, -0.2) is 66.1 Å². The predicted molar refractivity (Wildman–Crippen MR) is 116 cm³/mol. The van der Waals surface area contributed by atoms with Gasteiger partial charge in [-0.15, -0.1) is 0 Å². The average molecular weight is 414 g/mol. The Balaban J connectivity index is 1.64. The topological polar surface area (TPSA) is 55.4 Å². The Morgan fingerprint density at radius 2 is 0.733 bits per heavy atom. The number of hydrogen-bond donors (Lipinski definition) is 0. The molecule has 0 saturated heterocycles. The average Bonchev–Trinajstić information content (AvgIpc) is 2.78. The summed E-state index contributed by atoms with van der Waals surface area (Å²) in [6.45, 7) is 5.19. The normalized spacial score (nSPS) is 18.9. The van der Waals surface area contributed by atoms with E-state index in [0.717, 1.165) is 22.6 Å². The van der Waals surface area contributed by atoms with Gasteiger partial charge in [0.05, 0.1) is 52.9 Å². The van der Waals surface area contributed by atoms with E-state index in [0.29, 0.717) is 66.1 Å². The summed E-state index contributed by atoms with van der Waals surface area (Å²) >= 11 is 0. The van der Waals surface area contributed by atoms with Gasteiger partial charge in [0.15, 0.2) is 0 Å². The van der Waals surface area contributed by atoms with Crippen molar-refractivity contribution in [3.8, 4) is 11.5 Å².